The van der Waals surface area contributed by atoms with Gasteiger partial charge in [-0.2, -0.15) is 0 Å². The number of carbonyl (C=O) groups excluding carboxylic acids is 1. The highest BCUT2D eigenvalue weighted by Crippen LogP contribution is 2.56. The molecule has 2 aliphatic heterocycles. The van der Waals surface area contributed by atoms with E-state index in [1.807, 2.05) is 0 Å². The maximum Gasteiger partial charge on any atom is 0.198 e. The maximum atomic E-state index is 12.6. The molecular formula is C15H21N9O. The molecular weight excluding hydrogens is 322 g/mol. The second-order valence-corrected chi connectivity index (χ2v) is 7.58. The lowest BCUT2D eigenvalue weighted by atomic mass is 9.54. The van der Waals surface area contributed by atoms with Crippen LogP contribution in [0.4, 0.5) is 5.95 Å². The first-order valence-electron chi connectivity index (χ1n) is 8.45. The third-order valence-corrected chi connectivity index (χ3v) is 6.39. The Hall–Kier alpha value is -2.78. The van der Waals surface area contributed by atoms with Crippen molar-refractivity contribution in [3.8, 4) is 0 Å². The number of nitrogens with two attached hydrogens (primary N) is 3. The van der Waals surface area contributed by atoms with Gasteiger partial charge in [0.1, 0.15) is 17.3 Å². The number of nitrogens with one attached hydrogen (secondary N) is 3. The number of rotatable bonds is 0. The van der Waals surface area contributed by atoms with E-state index in [2.05, 4.69) is 32.5 Å². The Morgan fingerprint density at radius 1 is 1.20 bits per heavy atom. The number of guanidine groups is 2. The van der Waals surface area contributed by atoms with Crippen molar-refractivity contribution in [3.63, 3.8) is 0 Å². The van der Waals surface area contributed by atoms with Crippen LogP contribution in [-0.2, 0) is 5.54 Å². The van der Waals surface area contributed by atoms with Crippen LogP contribution in [0, 0.1) is 11.8 Å². The Morgan fingerprint density at radius 2 is 2.00 bits per heavy atom. The molecule has 25 heavy (non-hydrogen) atoms. The molecule has 2 spiro atoms. The maximum absolute atomic E-state index is 12.6. The van der Waals surface area contributed by atoms with Crippen molar-refractivity contribution in [2.45, 2.75) is 36.9 Å². The smallest absolute Gasteiger partial charge is 0.198 e. The van der Waals surface area contributed by atoms with Crippen molar-refractivity contribution in [1.82, 2.24) is 20.6 Å². The summed E-state index contributed by atoms with van der Waals surface area (Å²) in [6, 6.07) is -0.273. The third kappa shape index (κ3) is 1.55. The molecule has 0 radical (unpaired) electrons. The molecule has 5 atom stereocenters. The van der Waals surface area contributed by atoms with E-state index >= 15 is 0 Å². The number of carbonyl (C=O) groups is 1. The summed E-state index contributed by atoms with van der Waals surface area (Å²) in [5.74, 6) is 1.24. The molecule has 2 aliphatic carbocycles. The lowest BCUT2D eigenvalue weighted by molar-refractivity contribution is 0.0231. The number of imidazole rings is 1. The van der Waals surface area contributed by atoms with E-state index < -0.39 is 11.1 Å². The van der Waals surface area contributed by atoms with E-state index in [-0.39, 0.29) is 29.6 Å². The summed E-state index contributed by atoms with van der Waals surface area (Å²) in [7, 11) is 0. The van der Waals surface area contributed by atoms with Crippen molar-refractivity contribution < 1.29 is 4.79 Å². The molecule has 3 heterocycles. The zero-order valence-electron chi connectivity index (χ0n) is 13.8. The number of anilines is 1. The van der Waals surface area contributed by atoms with Crippen LogP contribution in [0.1, 0.15) is 35.9 Å². The molecule has 10 heteroatoms. The molecule has 1 saturated carbocycles. The molecule has 4 aliphatic rings. The summed E-state index contributed by atoms with van der Waals surface area (Å²) in [4.78, 5) is 29.0. The molecule has 5 rings (SSSR count). The molecule has 9 N–H and O–H groups in total. The Morgan fingerprint density at radius 3 is 2.72 bits per heavy atom. The van der Waals surface area contributed by atoms with E-state index in [0.29, 0.717) is 36.3 Å². The molecule has 1 aromatic heterocycles. The lowest BCUT2D eigenvalue weighted by Gasteiger charge is -2.56. The van der Waals surface area contributed by atoms with Gasteiger partial charge in [-0.1, -0.05) is 6.92 Å². The molecule has 1 aromatic rings. The molecule has 0 saturated heterocycles. The number of nitrogens with zero attached hydrogens (tertiary/aromatic N) is 3. The number of aromatic nitrogens is 2. The molecule has 5 unspecified atom stereocenters. The molecule has 1 fully saturated rings. The zero-order valence-corrected chi connectivity index (χ0v) is 13.8. The van der Waals surface area contributed by atoms with Gasteiger partial charge in [0.05, 0.1) is 17.8 Å². The highest BCUT2D eigenvalue weighted by molar-refractivity contribution is 5.99. The van der Waals surface area contributed by atoms with Crippen molar-refractivity contribution in [2.75, 3.05) is 12.3 Å². The van der Waals surface area contributed by atoms with Crippen LogP contribution in [0.15, 0.2) is 9.98 Å². The fourth-order valence-corrected chi connectivity index (χ4v) is 5.32. The Labute approximate surface area is 143 Å². The van der Waals surface area contributed by atoms with Gasteiger partial charge in [0, 0.05) is 6.42 Å². The molecule has 0 amide bonds. The van der Waals surface area contributed by atoms with Crippen LogP contribution >= 0.6 is 0 Å². The Kier molecular flexibility index (Phi) is 2.47. The van der Waals surface area contributed by atoms with Crippen molar-refractivity contribution >= 4 is 23.7 Å². The predicted molar refractivity (Wildman–Crippen MR) is 91.8 cm³/mol. The topological polar surface area (TPSA) is 173 Å². The van der Waals surface area contributed by atoms with E-state index in [1.54, 1.807) is 0 Å². The summed E-state index contributed by atoms with van der Waals surface area (Å²) < 4.78 is 0. The van der Waals surface area contributed by atoms with E-state index in [0.717, 1.165) is 6.42 Å². The van der Waals surface area contributed by atoms with Crippen LogP contribution in [0.5, 0.6) is 0 Å². The van der Waals surface area contributed by atoms with Crippen molar-refractivity contribution in [3.05, 3.63) is 11.4 Å². The zero-order chi connectivity index (χ0) is 17.6. The van der Waals surface area contributed by atoms with Gasteiger partial charge >= 0.3 is 0 Å². The summed E-state index contributed by atoms with van der Waals surface area (Å²) in [6.07, 6.45) is 1.20. The minimum Gasteiger partial charge on any atom is -0.370 e. The number of hydrogen-bond acceptors (Lipinski definition) is 9. The minimum atomic E-state index is -0.655. The largest absolute Gasteiger partial charge is 0.370 e. The first-order chi connectivity index (χ1) is 11.9. The molecule has 10 nitrogen and oxygen atoms in total. The van der Waals surface area contributed by atoms with Gasteiger partial charge in [-0.3, -0.25) is 9.79 Å². The number of fused-ring (bicyclic) bond motifs is 2. The monoisotopic (exact) mass is 343 g/mol. The first kappa shape index (κ1) is 14.6. The second-order valence-electron chi connectivity index (χ2n) is 7.58. The van der Waals surface area contributed by atoms with E-state index in [1.165, 1.54) is 0 Å². The quantitative estimate of drug-likeness (QED) is 0.328. The normalized spacial score (nSPS) is 41.3. The summed E-state index contributed by atoms with van der Waals surface area (Å²) in [5, 5.41) is 6.73. The highest BCUT2D eigenvalue weighted by Gasteiger charge is 2.68. The highest BCUT2D eigenvalue weighted by atomic mass is 16.1. The van der Waals surface area contributed by atoms with Gasteiger partial charge in [0.2, 0.25) is 0 Å². The van der Waals surface area contributed by atoms with Crippen LogP contribution in [-0.4, -0.2) is 45.8 Å². The number of H-pyrrole nitrogens is 1. The van der Waals surface area contributed by atoms with Gasteiger partial charge < -0.3 is 32.8 Å². The Bertz CT molecular complexity index is 857. The van der Waals surface area contributed by atoms with Crippen molar-refractivity contribution in [2.24, 2.45) is 33.3 Å². The summed E-state index contributed by atoms with van der Waals surface area (Å²) in [5.41, 5.74) is 17.9. The van der Waals surface area contributed by atoms with Crippen molar-refractivity contribution in [1.29, 1.82) is 0 Å². The first-order valence-corrected chi connectivity index (χ1v) is 8.45. The lowest BCUT2D eigenvalue weighted by Crippen LogP contribution is -2.73. The fourth-order valence-electron chi connectivity index (χ4n) is 5.32. The minimum absolute atomic E-state index is 0.00268. The number of Topliss-reactive ketones (excluding diaryl/α,β-unsaturated/α-hetero) is 1. The second kappa shape index (κ2) is 4.24. The molecule has 0 aromatic carbocycles. The average molecular weight is 343 g/mol. The van der Waals surface area contributed by atoms with Gasteiger partial charge in [-0.25, -0.2) is 9.98 Å². The Balaban J connectivity index is 1.74. The van der Waals surface area contributed by atoms with Crippen LogP contribution in [0.25, 0.3) is 0 Å². The predicted octanol–water partition coefficient (Wildman–Crippen LogP) is -1.63. The fraction of sp³-hybridized carbons (Fsp3) is 0.600. The third-order valence-electron chi connectivity index (χ3n) is 6.39. The van der Waals surface area contributed by atoms with Gasteiger partial charge in [0.25, 0.3) is 0 Å². The number of ketones is 1. The van der Waals surface area contributed by atoms with Crippen LogP contribution in [0.3, 0.4) is 0 Å². The van der Waals surface area contributed by atoms with Gasteiger partial charge in [-0.15, -0.1) is 0 Å². The average Bonchev–Trinajstić information content (AvgIpc) is 3.21. The molecule has 132 valence electrons. The SMILES string of the molecule is CC1CC2CC(=O)c3nc(N)[nH]c3C23NC(N)=NC3C12CN=C(N)N2. The number of aliphatic imine (C=N–C) groups is 2. The summed E-state index contributed by atoms with van der Waals surface area (Å²) in [6.45, 7) is 2.67. The molecule has 0 bridgehead atoms. The van der Waals surface area contributed by atoms with E-state index in [9.17, 15) is 4.79 Å². The number of nitrogen functional groups attached to an aromatic ring is 1. The standard InChI is InChI=1S/C15H21N9O/c1-5-2-6-3-7(25)8-9(21-12(17)20-8)15(6)10(22-13(18)24-15)14(5)4-19-11(16)23-14/h5-6,10H,2-4H2,1H3,(H3,16,19,23)(H3,17,20,21)(H3,18,22,24). The van der Waals surface area contributed by atoms with Gasteiger partial charge in [0.15, 0.2) is 23.7 Å². The van der Waals surface area contributed by atoms with E-state index in [4.69, 9.17) is 22.2 Å². The van der Waals surface area contributed by atoms with Gasteiger partial charge in [-0.05, 0) is 18.3 Å². The van der Waals surface area contributed by atoms with Crippen LogP contribution < -0.4 is 27.8 Å². The van der Waals surface area contributed by atoms with Crippen LogP contribution in [0.2, 0.25) is 0 Å². The summed E-state index contributed by atoms with van der Waals surface area (Å²) >= 11 is 0. The number of hydrogen-bond donors (Lipinski definition) is 6. The number of aromatic amines is 1.